The molecular weight excluding hydrogens is 328 g/mol. The van der Waals surface area contributed by atoms with E-state index in [-0.39, 0.29) is 18.6 Å². The molecule has 0 aromatic rings. The van der Waals surface area contributed by atoms with Crippen molar-refractivity contribution in [2.75, 3.05) is 0 Å². The Labute approximate surface area is 159 Å². The lowest BCUT2D eigenvalue weighted by molar-refractivity contribution is -0.137. The highest BCUT2D eigenvalue weighted by molar-refractivity contribution is 5.88. The van der Waals surface area contributed by atoms with E-state index in [9.17, 15) is 14.7 Å². The molecule has 1 rings (SSSR count). The van der Waals surface area contributed by atoms with Crippen LogP contribution in [-0.2, 0) is 9.59 Å². The Hall–Kier alpha value is -1.16. The third kappa shape index (κ3) is 5.94. The third-order valence-electron chi connectivity index (χ3n) is 6.49. The molecule has 1 aliphatic rings. The largest absolute Gasteiger partial charge is 0.481 e. The predicted octanol–water partition coefficient (Wildman–Crippen LogP) is 5.28. The monoisotopic (exact) mass is 366 g/mol. The Morgan fingerprint density at radius 2 is 1.81 bits per heavy atom. The number of hydrogen-bond donors (Lipinski definition) is 2. The van der Waals surface area contributed by atoms with E-state index in [1.807, 2.05) is 6.92 Å². The zero-order chi connectivity index (χ0) is 19.6. The first kappa shape index (κ1) is 22.9. The van der Waals surface area contributed by atoms with Crippen LogP contribution in [0.2, 0.25) is 0 Å². The van der Waals surface area contributed by atoms with Gasteiger partial charge < -0.3 is 10.2 Å². The molecule has 3 unspecified atom stereocenters. The summed E-state index contributed by atoms with van der Waals surface area (Å²) in [4.78, 5) is 23.2. The van der Waals surface area contributed by atoms with Crippen LogP contribution in [0.5, 0.6) is 0 Å². The predicted molar refractivity (Wildman–Crippen MR) is 105 cm³/mol. The van der Waals surface area contributed by atoms with E-state index in [0.717, 1.165) is 38.5 Å². The summed E-state index contributed by atoms with van der Waals surface area (Å²) in [5.41, 5.74) is -0.903. The summed E-state index contributed by atoms with van der Waals surface area (Å²) in [5, 5.41) is 19.3. The Kier molecular flexibility index (Phi) is 9.56. The summed E-state index contributed by atoms with van der Waals surface area (Å²) < 4.78 is 0. The van der Waals surface area contributed by atoms with Gasteiger partial charge in [0, 0.05) is 23.7 Å². The highest BCUT2D eigenvalue weighted by Crippen LogP contribution is 2.55. The molecule has 1 aliphatic carbocycles. The quantitative estimate of drug-likeness (QED) is 0.343. The highest BCUT2D eigenvalue weighted by atomic mass is 16.4. The zero-order valence-electron chi connectivity index (χ0n) is 16.9. The van der Waals surface area contributed by atoms with Gasteiger partial charge in [-0.25, -0.2) is 0 Å². The summed E-state index contributed by atoms with van der Waals surface area (Å²) in [7, 11) is 0. The van der Waals surface area contributed by atoms with Crippen LogP contribution in [0.4, 0.5) is 0 Å². The van der Waals surface area contributed by atoms with Crippen molar-refractivity contribution in [1.29, 1.82) is 0 Å². The lowest BCUT2D eigenvalue weighted by Gasteiger charge is -2.41. The SMILES string of the molecule is CCCCCC=CCC1(C)C(O)CC(=O)C1(C)CCCCCCC(=O)O. The van der Waals surface area contributed by atoms with Crippen molar-refractivity contribution in [1.82, 2.24) is 0 Å². The summed E-state index contributed by atoms with van der Waals surface area (Å²) in [6.45, 7) is 6.27. The number of hydrogen-bond acceptors (Lipinski definition) is 3. The van der Waals surface area contributed by atoms with Crippen molar-refractivity contribution in [3.8, 4) is 0 Å². The van der Waals surface area contributed by atoms with Gasteiger partial charge in [-0.2, -0.15) is 0 Å². The van der Waals surface area contributed by atoms with Gasteiger partial charge in [-0.15, -0.1) is 0 Å². The molecule has 0 bridgehead atoms. The number of unbranched alkanes of at least 4 members (excludes halogenated alkanes) is 6. The van der Waals surface area contributed by atoms with Crippen LogP contribution in [0, 0.1) is 10.8 Å². The minimum atomic E-state index is -0.746. The van der Waals surface area contributed by atoms with E-state index < -0.39 is 22.9 Å². The highest BCUT2D eigenvalue weighted by Gasteiger charge is 2.58. The van der Waals surface area contributed by atoms with E-state index in [0.29, 0.717) is 6.42 Å². The number of carboxylic acid groups (broad SMARTS) is 1. The van der Waals surface area contributed by atoms with Crippen LogP contribution in [0.25, 0.3) is 0 Å². The fraction of sp³-hybridized carbons (Fsp3) is 0.818. The van der Waals surface area contributed by atoms with E-state index >= 15 is 0 Å². The average molecular weight is 367 g/mol. The minimum Gasteiger partial charge on any atom is -0.481 e. The van der Waals surface area contributed by atoms with Gasteiger partial charge in [0.15, 0.2) is 0 Å². The van der Waals surface area contributed by atoms with Crippen molar-refractivity contribution in [3.05, 3.63) is 12.2 Å². The first-order chi connectivity index (χ1) is 12.3. The summed E-state index contributed by atoms with van der Waals surface area (Å²) in [5.74, 6) is -0.568. The fourth-order valence-corrected chi connectivity index (χ4v) is 4.17. The van der Waals surface area contributed by atoms with E-state index in [2.05, 4.69) is 26.0 Å². The molecule has 26 heavy (non-hydrogen) atoms. The molecule has 0 aromatic heterocycles. The van der Waals surface area contributed by atoms with Gasteiger partial charge in [0.05, 0.1) is 6.10 Å². The summed E-state index contributed by atoms with van der Waals surface area (Å²) in [6, 6.07) is 0. The van der Waals surface area contributed by atoms with Crippen LogP contribution in [-0.4, -0.2) is 28.1 Å². The molecule has 4 heteroatoms. The number of aliphatic hydroxyl groups excluding tert-OH is 1. The second-order valence-electron chi connectivity index (χ2n) is 8.37. The van der Waals surface area contributed by atoms with Crippen LogP contribution in [0.1, 0.15) is 97.8 Å². The number of carbonyl (C=O) groups is 2. The van der Waals surface area contributed by atoms with Crippen molar-refractivity contribution in [2.45, 2.75) is 104 Å². The standard InChI is InChI=1S/C22H38O4/c1-4-5-6-7-9-12-15-21(2)18(23)17-19(24)22(21,3)16-13-10-8-11-14-20(25)26/h9,12,18,23H,4-8,10-11,13-17H2,1-3H3,(H,25,26). The molecule has 0 heterocycles. The van der Waals surface area contributed by atoms with Crippen molar-refractivity contribution in [2.24, 2.45) is 10.8 Å². The van der Waals surface area contributed by atoms with Gasteiger partial charge in [0.25, 0.3) is 0 Å². The summed E-state index contributed by atoms with van der Waals surface area (Å²) >= 11 is 0. The Bertz CT molecular complexity index is 485. The fourth-order valence-electron chi connectivity index (χ4n) is 4.17. The first-order valence-electron chi connectivity index (χ1n) is 10.4. The molecule has 0 radical (unpaired) electrons. The second-order valence-corrected chi connectivity index (χ2v) is 8.37. The number of ketones is 1. The first-order valence-corrected chi connectivity index (χ1v) is 10.4. The molecule has 0 aromatic carbocycles. The molecule has 0 aliphatic heterocycles. The molecule has 0 amide bonds. The molecule has 150 valence electrons. The van der Waals surface area contributed by atoms with Crippen LogP contribution >= 0.6 is 0 Å². The van der Waals surface area contributed by atoms with E-state index in [1.165, 1.54) is 19.3 Å². The number of carboxylic acids is 1. The topological polar surface area (TPSA) is 74.6 Å². The molecule has 0 spiro atoms. The van der Waals surface area contributed by atoms with Crippen molar-refractivity contribution in [3.63, 3.8) is 0 Å². The van der Waals surface area contributed by atoms with Gasteiger partial charge in [0.2, 0.25) is 0 Å². The number of carbonyl (C=O) groups excluding carboxylic acids is 1. The van der Waals surface area contributed by atoms with Gasteiger partial charge in [-0.3, -0.25) is 9.59 Å². The molecular formula is C22H38O4. The smallest absolute Gasteiger partial charge is 0.303 e. The maximum Gasteiger partial charge on any atom is 0.303 e. The normalized spacial score (nSPS) is 28.9. The number of allylic oxidation sites excluding steroid dienone is 2. The molecule has 4 nitrogen and oxygen atoms in total. The van der Waals surface area contributed by atoms with Gasteiger partial charge in [-0.1, -0.05) is 65.0 Å². The molecule has 0 saturated heterocycles. The number of Topliss-reactive ketones (excluding diaryl/α,β-unsaturated/α-hetero) is 1. The van der Waals surface area contributed by atoms with E-state index in [4.69, 9.17) is 5.11 Å². The van der Waals surface area contributed by atoms with Crippen LogP contribution in [0.15, 0.2) is 12.2 Å². The molecule has 1 saturated carbocycles. The zero-order valence-corrected chi connectivity index (χ0v) is 16.9. The lowest BCUT2D eigenvalue weighted by atomic mass is 9.62. The average Bonchev–Trinajstić information content (AvgIpc) is 2.75. The number of rotatable bonds is 13. The lowest BCUT2D eigenvalue weighted by Crippen LogP contribution is -2.41. The maximum atomic E-state index is 12.6. The minimum absolute atomic E-state index is 0.178. The Morgan fingerprint density at radius 3 is 2.46 bits per heavy atom. The van der Waals surface area contributed by atoms with Crippen molar-refractivity contribution < 1.29 is 19.8 Å². The van der Waals surface area contributed by atoms with Gasteiger partial charge in [0.1, 0.15) is 5.78 Å². The maximum absolute atomic E-state index is 12.6. The Balaban J connectivity index is 2.57. The number of aliphatic hydroxyl groups is 1. The third-order valence-corrected chi connectivity index (χ3v) is 6.49. The molecule has 1 fully saturated rings. The summed E-state index contributed by atoms with van der Waals surface area (Å²) in [6.07, 6.45) is 13.9. The molecule has 2 N–H and O–H groups in total. The van der Waals surface area contributed by atoms with Crippen LogP contribution < -0.4 is 0 Å². The van der Waals surface area contributed by atoms with Gasteiger partial charge >= 0.3 is 5.97 Å². The number of aliphatic carboxylic acids is 1. The van der Waals surface area contributed by atoms with Crippen molar-refractivity contribution >= 4 is 11.8 Å². The van der Waals surface area contributed by atoms with Gasteiger partial charge in [-0.05, 0) is 32.1 Å². The Morgan fingerprint density at radius 1 is 1.12 bits per heavy atom. The second kappa shape index (κ2) is 10.9. The van der Waals surface area contributed by atoms with E-state index in [1.54, 1.807) is 0 Å². The van der Waals surface area contributed by atoms with Crippen LogP contribution in [0.3, 0.4) is 0 Å². The molecule has 3 atom stereocenters.